The molecular formula is C26H46N2O5. The standard InChI is InChI=1S/C26H46N2O5/c1-3-5-6-7-8-9-10-11-12-13-14-15-16-17-20-32-24-21(4-2)33-25(23(24)30)28-19-18-22(29)27-26(28)31/h18-19,21,23-25,30H,3-17,20H2,1-2H3,(H,27,29,31). The molecule has 7 nitrogen and oxygen atoms in total. The fourth-order valence-electron chi connectivity index (χ4n) is 4.63. The molecule has 0 spiro atoms. The number of hydrogen-bond acceptors (Lipinski definition) is 5. The summed E-state index contributed by atoms with van der Waals surface area (Å²) in [6.45, 7) is 4.81. The van der Waals surface area contributed by atoms with Crippen LogP contribution in [0.2, 0.25) is 0 Å². The number of aliphatic hydroxyl groups is 1. The van der Waals surface area contributed by atoms with Crippen LogP contribution in [0.15, 0.2) is 21.9 Å². The first-order valence-corrected chi connectivity index (χ1v) is 13.3. The zero-order valence-corrected chi connectivity index (χ0v) is 20.8. The fraction of sp³-hybridized carbons (Fsp3) is 0.846. The molecule has 4 atom stereocenters. The molecule has 190 valence electrons. The number of aromatic amines is 1. The van der Waals surface area contributed by atoms with Gasteiger partial charge in [0.2, 0.25) is 0 Å². The summed E-state index contributed by atoms with van der Waals surface area (Å²) in [4.78, 5) is 25.6. The normalized spacial score (nSPS) is 22.8. The maximum atomic E-state index is 12.1. The quantitative estimate of drug-likeness (QED) is 0.295. The van der Waals surface area contributed by atoms with E-state index in [1.165, 1.54) is 93.9 Å². The van der Waals surface area contributed by atoms with Gasteiger partial charge in [-0.2, -0.15) is 0 Å². The minimum Gasteiger partial charge on any atom is -0.386 e. The highest BCUT2D eigenvalue weighted by Gasteiger charge is 2.44. The second kappa shape index (κ2) is 16.2. The van der Waals surface area contributed by atoms with Gasteiger partial charge in [0.1, 0.15) is 12.2 Å². The number of nitrogens with zero attached hydrogens (tertiary/aromatic N) is 1. The molecule has 0 aliphatic carbocycles. The fourth-order valence-corrected chi connectivity index (χ4v) is 4.63. The molecular weight excluding hydrogens is 420 g/mol. The molecule has 1 aromatic rings. The van der Waals surface area contributed by atoms with Crippen LogP contribution in [0.5, 0.6) is 0 Å². The van der Waals surface area contributed by atoms with Crippen LogP contribution < -0.4 is 11.2 Å². The third kappa shape index (κ3) is 9.75. The van der Waals surface area contributed by atoms with Crippen molar-refractivity contribution in [3.05, 3.63) is 33.1 Å². The molecule has 1 aromatic heterocycles. The summed E-state index contributed by atoms with van der Waals surface area (Å²) in [6.07, 6.45) is 17.8. The third-order valence-corrected chi connectivity index (χ3v) is 6.65. The monoisotopic (exact) mass is 466 g/mol. The Kier molecular flexibility index (Phi) is 13.7. The Morgan fingerprint density at radius 2 is 1.45 bits per heavy atom. The zero-order chi connectivity index (χ0) is 23.9. The largest absolute Gasteiger partial charge is 0.386 e. The van der Waals surface area contributed by atoms with E-state index in [9.17, 15) is 14.7 Å². The molecule has 2 heterocycles. The van der Waals surface area contributed by atoms with Crippen molar-refractivity contribution in [2.75, 3.05) is 6.61 Å². The average molecular weight is 467 g/mol. The highest BCUT2D eigenvalue weighted by Crippen LogP contribution is 2.32. The Balaban J connectivity index is 1.54. The van der Waals surface area contributed by atoms with Gasteiger partial charge in [-0.25, -0.2) is 4.79 Å². The highest BCUT2D eigenvalue weighted by molar-refractivity contribution is 4.93. The topological polar surface area (TPSA) is 93.5 Å². The first-order valence-electron chi connectivity index (χ1n) is 13.3. The van der Waals surface area contributed by atoms with Gasteiger partial charge in [-0.15, -0.1) is 0 Å². The lowest BCUT2D eigenvalue weighted by atomic mass is 10.0. The summed E-state index contributed by atoms with van der Waals surface area (Å²) >= 11 is 0. The van der Waals surface area contributed by atoms with E-state index in [2.05, 4.69) is 11.9 Å². The number of aliphatic hydroxyl groups excluding tert-OH is 1. The summed E-state index contributed by atoms with van der Waals surface area (Å²) in [5.74, 6) is 0. The number of aromatic nitrogens is 2. The van der Waals surface area contributed by atoms with Gasteiger partial charge in [0.25, 0.3) is 5.56 Å². The molecule has 0 radical (unpaired) electrons. The van der Waals surface area contributed by atoms with Crippen molar-refractivity contribution in [3.63, 3.8) is 0 Å². The van der Waals surface area contributed by atoms with Crippen LogP contribution in [0.1, 0.15) is 116 Å². The summed E-state index contributed by atoms with van der Waals surface area (Å²) < 4.78 is 13.1. The van der Waals surface area contributed by atoms with Crippen LogP contribution in [0.4, 0.5) is 0 Å². The molecule has 0 bridgehead atoms. The van der Waals surface area contributed by atoms with Gasteiger partial charge < -0.3 is 14.6 Å². The number of hydrogen-bond donors (Lipinski definition) is 2. The van der Waals surface area contributed by atoms with Gasteiger partial charge in [0.05, 0.1) is 6.10 Å². The van der Waals surface area contributed by atoms with Crippen molar-refractivity contribution in [2.24, 2.45) is 0 Å². The van der Waals surface area contributed by atoms with Gasteiger partial charge in [-0.1, -0.05) is 97.3 Å². The van der Waals surface area contributed by atoms with Crippen molar-refractivity contribution < 1.29 is 14.6 Å². The molecule has 7 heteroatoms. The van der Waals surface area contributed by atoms with Gasteiger partial charge in [-0.3, -0.25) is 14.3 Å². The zero-order valence-electron chi connectivity index (χ0n) is 20.8. The van der Waals surface area contributed by atoms with E-state index in [-0.39, 0.29) is 6.10 Å². The molecule has 33 heavy (non-hydrogen) atoms. The molecule has 1 aliphatic rings. The number of ether oxygens (including phenoxy) is 2. The Bertz CT molecular complexity index is 747. The molecule has 1 saturated heterocycles. The highest BCUT2D eigenvalue weighted by atomic mass is 16.6. The lowest BCUT2D eigenvalue weighted by molar-refractivity contribution is -0.0412. The maximum absolute atomic E-state index is 12.1. The smallest absolute Gasteiger partial charge is 0.330 e. The van der Waals surface area contributed by atoms with Crippen molar-refractivity contribution in [1.29, 1.82) is 0 Å². The Hall–Kier alpha value is -1.44. The first-order chi connectivity index (χ1) is 16.1. The summed E-state index contributed by atoms with van der Waals surface area (Å²) in [5, 5.41) is 10.7. The number of H-pyrrole nitrogens is 1. The molecule has 0 amide bonds. The van der Waals surface area contributed by atoms with E-state index in [4.69, 9.17) is 9.47 Å². The maximum Gasteiger partial charge on any atom is 0.330 e. The summed E-state index contributed by atoms with van der Waals surface area (Å²) in [5.41, 5.74) is -1.06. The van der Waals surface area contributed by atoms with Crippen LogP contribution >= 0.6 is 0 Å². The van der Waals surface area contributed by atoms with Crippen LogP contribution in [0, 0.1) is 0 Å². The molecule has 0 aromatic carbocycles. The lowest BCUT2D eigenvalue weighted by Gasteiger charge is -2.20. The third-order valence-electron chi connectivity index (χ3n) is 6.65. The Labute approximate surface area is 198 Å². The SMILES string of the molecule is CCCCCCCCCCCCCCCCOC1C(CC)OC(n2ccc(=O)[nH]c2=O)C1O. The molecule has 2 N–H and O–H groups in total. The predicted octanol–water partition coefficient (Wildman–Crippen LogP) is 5.07. The van der Waals surface area contributed by atoms with Gasteiger partial charge in [0.15, 0.2) is 6.23 Å². The summed E-state index contributed by atoms with van der Waals surface area (Å²) in [6, 6.07) is 1.25. The van der Waals surface area contributed by atoms with Crippen molar-refractivity contribution in [3.8, 4) is 0 Å². The lowest BCUT2D eigenvalue weighted by Crippen LogP contribution is -2.38. The van der Waals surface area contributed by atoms with Crippen LogP contribution in [0.25, 0.3) is 0 Å². The summed E-state index contributed by atoms with van der Waals surface area (Å²) in [7, 11) is 0. The van der Waals surface area contributed by atoms with E-state index in [1.807, 2.05) is 6.92 Å². The van der Waals surface area contributed by atoms with Crippen LogP contribution in [0.3, 0.4) is 0 Å². The molecule has 0 saturated carbocycles. The number of unbranched alkanes of at least 4 members (excludes halogenated alkanes) is 13. The minimum absolute atomic E-state index is 0.282. The van der Waals surface area contributed by atoms with Gasteiger partial charge >= 0.3 is 5.69 Å². The second-order valence-corrected chi connectivity index (χ2v) is 9.41. The van der Waals surface area contributed by atoms with Gasteiger partial charge in [-0.05, 0) is 12.8 Å². The van der Waals surface area contributed by atoms with Crippen LogP contribution in [-0.2, 0) is 9.47 Å². The number of nitrogens with one attached hydrogen (secondary N) is 1. The average Bonchev–Trinajstić information content (AvgIpc) is 3.11. The van der Waals surface area contributed by atoms with E-state index in [0.717, 1.165) is 12.8 Å². The molecule has 4 unspecified atom stereocenters. The van der Waals surface area contributed by atoms with E-state index < -0.39 is 29.7 Å². The second-order valence-electron chi connectivity index (χ2n) is 9.41. The molecule has 1 fully saturated rings. The van der Waals surface area contributed by atoms with Crippen LogP contribution in [-0.4, -0.2) is 39.6 Å². The van der Waals surface area contributed by atoms with Crippen molar-refractivity contribution >= 4 is 0 Å². The number of rotatable bonds is 18. The Morgan fingerprint density at radius 3 is 1.97 bits per heavy atom. The Morgan fingerprint density at radius 1 is 0.909 bits per heavy atom. The molecule has 1 aliphatic heterocycles. The van der Waals surface area contributed by atoms with E-state index in [1.54, 1.807) is 0 Å². The molecule has 2 rings (SSSR count). The van der Waals surface area contributed by atoms with Gasteiger partial charge in [0, 0.05) is 18.9 Å². The predicted molar refractivity (Wildman–Crippen MR) is 132 cm³/mol. The van der Waals surface area contributed by atoms with Crippen molar-refractivity contribution in [2.45, 2.75) is 135 Å². The van der Waals surface area contributed by atoms with E-state index >= 15 is 0 Å². The van der Waals surface area contributed by atoms with E-state index in [0.29, 0.717) is 13.0 Å². The van der Waals surface area contributed by atoms with Crippen molar-refractivity contribution in [1.82, 2.24) is 9.55 Å². The minimum atomic E-state index is -0.954. The first kappa shape index (κ1) is 27.8.